The molecule has 0 atom stereocenters. The lowest BCUT2D eigenvalue weighted by Gasteiger charge is -2.02. The van der Waals surface area contributed by atoms with Gasteiger partial charge in [-0.1, -0.05) is 45.7 Å². The first-order chi connectivity index (χ1) is 14.4. The molecule has 0 aliphatic rings. The second-order valence-electron chi connectivity index (χ2n) is 7.37. The van der Waals surface area contributed by atoms with Crippen LogP contribution in [0.3, 0.4) is 0 Å². The molecule has 4 aromatic rings. The number of aryl methyl sites for hydroxylation is 4. The molecule has 0 saturated heterocycles. The standard InChI is InChI=1S/C23H22N4O3/c1-13-5-7-15(3)17(9-13)19-11-21(26-29-19)24-23(28)25-22-12-20(30-27-22)18-10-14(2)6-8-16(18)4/h5-12H,1-4H3,(H2,24,25,26,27,28). The summed E-state index contributed by atoms with van der Waals surface area (Å²) < 4.78 is 10.8. The van der Waals surface area contributed by atoms with Gasteiger partial charge < -0.3 is 9.05 Å². The van der Waals surface area contributed by atoms with Crippen LogP contribution in [-0.2, 0) is 0 Å². The lowest BCUT2D eigenvalue weighted by atomic mass is 10.0. The number of carbonyl (C=O) groups excluding carboxylic acids is 1. The maximum absolute atomic E-state index is 12.3. The lowest BCUT2D eigenvalue weighted by Crippen LogP contribution is -2.19. The van der Waals surface area contributed by atoms with Crippen LogP contribution in [0.25, 0.3) is 22.6 Å². The monoisotopic (exact) mass is 402 g/mol. The predicted molar refractivity (Wildman–Crippen MR) is 115 cm³/mol. The fourth-order valence-electron chi connectivity index (χ4n) is 3.19. The van der Waals surface area contributed by atoms with Crippen LogP contribution in [0.5, 0.6) is 0 Å². The second kappa shape index (κ2) is 7.87. The third kappa shape index (κ3) is 4.10. The first kappa shape index (κ1) is 19.4. The highest BCUT2D eigenvalue weighted by Crippen LogP contribution is 2.28. The van der Waals surface area contributed by atoms with Gasteiger partial charge in [-0.15, -0.1) is 0 Å². The van der Waals surface area contributed by atoms with E-state index in [-0.39, 0.29) is 0 Å². The van der Waals surface area contributed by atoms with Crippen molar-refractivity contribution < 1.29 is 13.8 Å². The maximum atomic E-state index is 12.3. The van der Waals surface area contributed by atoms with E-state index < -0.39 is 6.03 Å². The highest BCUT2D eigenvalue weighted by molar-refractivity contribution is 5.99. The molecule has 0 bridgehead atoms. The van der Waals surface area contributed by atoms with Crippen molar-refractivity contribution in [1.82, 2.24) is 10.3 Å². The summed E-state index contributed by atoms with van der Waals surface area (Å²) in [7, 11) is 0. The van der Waals surface area contributed by atoms with Crippen LogP contribution in [0, 0.1) is 27.7 Å². The summed E-state index contributed by atoms with van der Waals surface area (Å²) in [5.74, 6) is 1.79. The zero-order valence-corrected chi connectivity index (χ0v) is 17.2. The molecule has 0 unspecified atom stereocenters. The molecule has 152 valence electrons. The van der Waals surface area contributed by atoms with Crippen LogP contribution in [-0.4, -0.2) is 16.3 Å². The molecular formula is C23H22N4O3. The molecule has 2 N–H and O–H groups in total. The van der Waals surface area contributed by atoms with Crippen molar-refractivity contribution in [2.24, 2.45) is 0 Å². The number of nitrogens with zero attached hydrogens (tertiary/aromatic N) is 2. The third-order valence-electron chi connectivity index (χ3n) is 4.82. The minimum absolute atomic E-state index is 0.307. The van der Waals surface area contributed by atoms with Crippen molar-refractivity contribution in [2.45, 2.75) is 27.7 Å². The molecule has 7 heteroatoms. The smallest absolute Gasteiger partial charge is 0.326 e. The number of hydrogen-bond acceptors (Lipinski definition) is 5. The average molecular weight is 402 g/mol. The van der Waals surface area contributed by atoms with E-state index in [2.05, 4.69) is 20.9 Å². The number of rotatable bonds is 4. The topological polar surface area (TPSA) is 93.2 Å². The van der Waals surface area contributed by atoms with Gasteiger partial charge in [0.15, 0.2) is 23.2 Å². The van der Waals surface area contributed by atoms with E-state index in [4.69, 9.17) is 9.05 Å². The Hall–Kier alpha value is -3.87. The van der Waals surface area contributed by atoms with E-state index in [1.165, 1.54) is 0 Å². The number of aromatic nitrogens is 2. The zero-order chi connectivity index (χ0) is 21.3. The minimum Gasteiger partial charge on any atom is -0.354 e. The molecule has 4 rings (SSSR count). The van der Waals surface area contributed by atoms with Crippen LogP contribution >= 0.6 is 0 Å². The van der Waals surface area contributed by atoms with Gasteiger partial charge in [0.1, 0.15) is 0 Å². The van der Waals surface area contributed by atoms with Crippen molar-refractivity contribution in [3.63, 3.8) is 0 Å². The SMILES string of the molecule is Cc1ccc(C)c(-c2cc(NC(=O)Nc3cc(-c4cc(C)ccc4C)on3)no2)c1. The largest absolute Gasteiger partial charge is 0.354 e. The van der Waals surface area contributed by atoms with Gasteiger partial charge in [0, 0.05) is 23.3 Å². The highest BCUT2D eigenvalue weighted by Gasteiger charge is 2.14. The Morgan fingerprint density at radius 2 is 1.13 bits per heavy atom. The molecule has 30 heavy (non-hydrogen) atoms. The third-order valence-corrected chi connectivity index (χ3v) is 4.82. The first-order valence-electron chi connectivity index (χ1n) is 9.56. The number of urea groups is 1. The van der Waals surface area contributed by atoms with Gasteiger partial charge in [0.05, 0.1) is 0 Å². The molecule has 0 radical (unpaired) electrons. The molecule has 0 aliphatic heterocycles. The van der Waals surface area contributed by atoms with Crippen molar-refractivity contribution >= 4 is 17.7 Å². The fraction of sp³-hybridized carbons (Fsp3) is 0.174. The van der Waals surface area contributed by atoms with Gasteiger partial charge in [0.25, 0.3) is 0 Å². The molecule has 2 aromatic carbocycles. The van der Waals surface area contributed by atoms with Gasteiger partial charge >= 0.3 is 6.03 Å². The summed E-state index contributed by atoms with van der Waals surface area (Å²) in [6.07, 6.45) is 0. The summed E-state index contributed by atoms with van der Waals surface area (Å²) in [4.78, 5) is 12.3. The van der Waals surface area contributed by atoms with E-state index in [9.17, 15) is 4.79 Å². The quantitative estimate of drug-likeness (QED) is 0.445. The number of hydrogen-bond donors (Lipinski definition) is 2. The summed E-state index contributed by atoms with van der Waals surface area (Å²) in [6.45, 7) is 8.01. The molecule has 0 spiro atoms. The number of anilines is 2. The normalized spacial score (nSPS) is 10.8. The predicted octanol–water partition coefficient (Wildman–Crippen LogP) is 5.87. The number of carbonyl (C=O) groups is 1. The summed E-state index contributed by atoms with van der Waals surface area (Å²) in [6, 6.07) is 15.0. The summed E-state index contributed by atoms with van der Waals surface area (Å²) >= 11 is 0. The Balaban J connectivity index is 1.45. The van der Waals surface area contributed by atoms with Crippen LogP contribution in [0.2, 0.25) is 0 Å². The van der Waals surface area contributed by atoms with Crippen LogP contribution in [0.15, 0.2) is 57.6 Å². The Labute approximate surface area is 174 Å². The Kier molecular flexibility index (Phi) is 5.10. The maximum Gasteiger partial charge on any atom is 0.326 e. The Bertz CT molecular complexity index is 1130. The van der Waals surface area contributed by atoms with Crippen molar-refractivity contribution in [1.29, 1.82) is 0 Å². The molecule has 2 aromatic heterocycles. The number of amides is 2. The van der Waals surface area contributed by atoms with Crippen molar-refractivity contribution in [3.8, 4) is 22.6 Å². The van der Waals surface area contributed by atoms with E-state index in [1.807, 2.05) is 64.1 Å². The summed E-state index contributed by atoms with van der Waals surface area (Å²) in [5, 5.41) is 13.2. The molecule has 0 aliphatic carbocycles. The van der Waals surface area contributed by atoms with E-state index in [0.29, 0.717) is 23.2 Å². The van der Waals surface area contributed by atoms with Crippen molar-refractivity contribution in [3.05, 3.63) is 70.8 Å². The molecule has 0 saturated carbocycles. The fourth-order valence-corrected chi connectivity index (χ4v) is 3.19. The minimum atomic E-state index is -0.489. The average Bonchev–Trinajstić information content (AvgIpc) is 3.35. The van der Waals surface area contributed by atoms with Gasteiger partial charge in [-0.25, -0.2) is 4.79 Å². The van der Waals surface area contributed by atoms with Gasteiger partial charge in [-0.3, -0.25) is 10.6 Å². The second-order valence-corrected chi connectivity index (χ2v) is 7.37. The van der Waals surface area contributed by atoms with E-state index >= 15 is 0 Å². The molecule has 2 amide bonds. The van der Waals surface area contributed by atoms with E-state index in [0.717, 1.165) is 33.4 Å². The number of benzene rings is 2. The summed E-state index contributed by atoms with van der Waals surface area (Å²) in [5.41, 5.74) is 6.23. The lowest BCUT2D eigenvalue weighted by molar-refractivity contribution is 0.261. The first-order valence-corrected chi connectivity index (χ1v) is 9.56. The Morgan fingerprint density at radius 3 is 1.57 bits per heavy atom. The molecular weight excluding hydrogens is 380 g/mol. The van der Waals surface area contributed by atoms with E-state index in [1.54, 1.807) is 12.1 Å². The van der Waals surface area contributed by atoms with Crippen molar-refractivity contribution in [2.75, 3.05) is 10.6 Å². The molecule has 2 heterocycles. The zero-order valence-electron chi connectivity index (χ0n) is 17.2. The highest BCUT2D eigenvalue weighted by atomic mass is 16.5. The van der Waals surface area contributed by atoms with Gasteiger partial charge in [0.2, 0.25) is 0 Å². The number of nitrogens with one attached hydrogen (secondary N) is 2. The Morgan fingerprint density at radius 1 is 0.700 bits per heavy atom. The van der Waals surface area contributed by atoms with Crippen LogP contribution in [0.1, 0.15) is 22.3 Å². The van der Waals surface area contributed by atoms with Gasteiger partial charge in [-0.2, -0.15) is 0 Å². The van der Waals surface area contributed by atoms with Crippen LogP contribution < -0.4 is 10.6 Å². The van der Waals surface area contributed by atoms with Gasteiger partial charge in [-0.05, 0) is 51.0 Å². The van der Waals surface area contributed by atoms with Crippen LogP contribution in [0.4, 0.5) is 16.4 Å². The molecule has 7 nitrogen and oxygen atoms in total. The molecule has 0 fully saturated rings.